The molecule has 1 aliphatic rings. The molecule has 0 bridgehead atoms. The SMILES string of the molecule is Cc1cc(Br)cc(NC(=O)NC2(C(=O)O)CCOCC2)c1. The Labute approximate surface area is 131 Å². The van der Waals surface area contributed by atoms with Gasteiger partial charge in [0.25, 0.3) is 0 Å². The number of aryl methyl sites for hydroxylation is 1. The average molecular weight is 357 g/mol. The van der Waals surface area contributed by atoms with E-state index < -0.39 is 17.5 Å². The predicted octanol–water partition coefficient (Wildman–Crippen LogP) is 2.51. The number of hydrogen-bond donors (Lipinski definition) is 3. The van der Waals surface area contributed by atoms with Gasteiger partial charge in [-0.25, -0.2) is 9.59 Å². The highest BCUT2D eigenvalue weighted by Crippen LogP contribution is 2.22. The van der Waals surface area contributed by atoms with E-state index in [1.165, 1.54) is 0 Å². The fourth-order valence-corrected chi connectivity index (χ4v) is 2.91. The molecule has 1 aliphatic heterocycles. The van der Waals surface area contributed by atoms with Crippen LogP contribution in [0.5, 0.6) is 0 Å². The average Bonchev–Trinajstić information content (AvgIpc) is 2.37. The van der Waals surface area contributed by atoms with E-state index in [1.54, 1.807) is 6.07 Å². The van der Waals surface area contributed by atoms with Crippen molar-refractivity contribution < 1.29 is 19.4 Å². The van der Waals surface area contributed by atoms with Crippen LogP contribution in [-0.2, 0) is 9.53 Å². The molecule has 3 N–H and O–H groups in total. The van der Waals surface area contributed by atoms with Crippen molar-refractivity contribution in [3.05, 3.63) is 28.2 Å². The molecule has 0 unspecified atom stereocenters. The minimum absolute atomic E-state index is 0.257. The zero-order valence-corrected chi connectivity index (χ0v) is 13.2. The molecule has 1 aromatic rings. The first kappa shape index (κ1) is 15.8. The summed E-state index contributed by atoms with van der Waals surface area (Å²) in [6, 6.07) is 4.95. The minimum atomic E-state index is -1.26. The van der Waals surface area contributed by atoms with Crippen LogP contribution in [-0.4, -0.2) is 35.9 Å². The number of carboxylic acids is 1. The number of halogens is 1. The molecule has 1 aromatic carbocycles. The maximum Gasteiger partial charge on any atom is 0.329 e. The second kappa shape index (κ2) is 6.44. The summed E-state index contributed by atoms with van der Waals surface area (Å²) in [4.78, 5) is 23.5. The second-order valence-electron chi connectivity index (χ2n) is 5.10. The van der Waals surface area contributed by atoms with Crippen LogP contribution in [0.1, 0.15) is 18.4 Å². The largest absolute Gasteiger partial charge is 0.480 e. The van der Waals surface area contributed by atoms with Crippen LogP contribution in [0.3, 0.4) is 0 Å². The van der Waals surface area contributed by atoms with Gasteiger partial charge in [0.2, 0.25) is 0 Å². The van der Waals surface area contributed by atoms with Gasteiger partial charge in [-0.3, -0.25) is 0 Å². The maximum atomic E-state index is 12.1. The van der Waals surface area contributed by atoms with Gasteiger partial charge >= 0.3 is 12.0 Å². The summed E-state index contributed by atoms with van der Waals surface area (Å²) in [5.74, 6) is -1.04. The minimum Gasteiger partial charge on any atom is -0.480 e. The van der Waals surface area contributed by atoms with Gasteiger partial charge in [0.05, 0.1) is 0 Å². The van der Waals surface area contributed by atoms with Crippen molar-refractivity contribution in [3.63, 3.8) is 0 Å². The van der Waals surface area contributed by atoms with Crippen molar-refractivity contribution in [1.29, 1.82) is 0 Å². The molecule has 21 heavy (non-hydrogen) atoms. The Kier molecular flexibility index (Phi) is 4.84. The topological polar surface area (TPSA) is 87.7 Å². The lowest BCUT2D eigenvalue weighted by molar-refractivity contribution is -0.148. The fraction of sp³-hybridized carbons (Fsp3) is 0.429. The standard InChI is InChI=1S/C14H17BrN2O4/c1-9-6-10(15)8-11(7-9)16-13(20)17-14(12(18)19)2-4-21-5-3-14/h6-8H,2-5H2,1H3,(H,18,19)(H2,16,17,20). The molecule has 114 valence electrons. The molecule has 0 aliphatic carbocycles. The monoisotopic (exact) mass is 356 g/mol. The summed E-state index contributed by atoms with van der Waals surface area (Å²) >= 11 is 3.35. The molecule has 0 atom stereocenters. The van der Waals surface area contributed by atoms with Crippen molar-refractivity contribution in [2.45, 2.75) is 25.3 Å². The molecule has 0 spiro atoms. The number of aliphatic carboxylic acids is 1. The zero-order valence-electron chi connectivity index (χ0n) is 11.6. The number of carbonyl (C=O) groups excluding carboxylic acids is 1. The quantitative estimate of drug-likeness (QED) is 0.776. The highest BCUT2D eigenvalue weighted by atomic mass is 79.9. The lowest BCUT2D eigenvalue weighted by Crippen LogP contribution is -2.58. The number of benzene rings is 1. The van der Waals surface area contributed by atoms with Crippen molar-refractivity contribution in [1.82, 2.24) is 5.32 Å². The number of urea groups is 1. The predicted molar refractivity (Wildman–Crippen MR) is 81.5 cm³/mol. The molecule has 1 saturated heterocycles. The first-order valence-corrected chi connectivity index (χ1v) is 7.38. The van der Waals surface area contributed by atoms with E-state index in [-0.39, 0.29) is 12.8 Å². The molecule has 2 rings (SSSR count). The van der Waals surface area contributed by atoms with Crippen molar-refractivity contribution in [3.8, 4) is 0 Å². The Morgan fingerprint density at radius 1 is 1.29 bits per heavy atom. The smallest absolute Gasteiger partial charge is 0.329 e. The van der Waals surface area contributed by atoms with Crippen LogP contribution < -0.4 is 10.6 Å². The van der Waals surface area contributed by atoms with E-state index in [1.807, 2.05) is 19.1 Å². The van der Waals surface area contributed by atoms with Gasteiger partial charge in [-0.1, -0.05) is 15.9 Å². The van der Waals surface area contributed by atoms with Gasteiger partial charge in [0, 0.05) is 36.2 Å². The van der Waals surface area contributed by atoms with E-state index in [4.69, 9.17) is 4.74 Å². The van der Waals surface area contributed by atoms with Gasteiger partial charge in [-0.2, -0.15) is 0 Å². The summed E-state index contributed by atoms with van der Waals surface area (Å²) in [5, 5.41) is 14.6. The van der Waals surface area contributed by atoms with Crippen molar-refractivity contribution >= 4 is 33.6 Å². The van der Waals surface area contributed by atoms with Crippen LogP contribution in [0.15, 0.2) is 22.7 Å². The second-order valence-corrected chi connectivity index (χ2v) is 6.01. The first-order chi connectivity index (χ1) is 9.91. The first-order valence-electron chi connectivity index (χ1n) is 6.59. The number of carbonyl (C=O) groups is 2. The van der Waals surface area contributed by atoms with Gasteiger partial charge in [-0.15, -0.1) is 0 Å². The van der Waals surface area contributed by atoms with E-state index in [9.17, 15) is 14.7 Å². The summed E-state index contributed by atoms with van der Waals surface area (Å²) in [6.45, 7) is 2.55. The molecule has 6 nitrogen and oxygen atoms in total. The lowest BCUT2D eigenvalue weighted by Gasteiger charge is -2.33. The molecule has 7 heteroatoms. The number of amides is 2. The van der Waals surface area contributed by atoms with Crippen LogP contribution in [0.2, 0.25) is 0 Å². The van der Waals surface area contributed by atoms with Gasteiger partial charge in [0.15, 0.2) is 0 Å². The molecule has 0 radical (unpaired) electrons. The normalized spacial score (nSPS) is 17.0. The molecule has 0 saturated carbocycles. The number of anilines is 1. The molecule has 0 aromatic heterocycles. The summed E-state index contributed by atoms with van der Waals surface area (Å²) < 4.78 is 6.01. The Morgan fingerprint density at radius 2 is 1.95 bits per heavy atom. The third-order valence-corrected chi connectivity index (χ3v) is 3.87. The van der Waals surface area contributed by atoms with E-state index in [2.05, 4.69) is 26.6 Å². The molecular weight excluding hydrogens is 340 g/mol. The molecular formula is C14H17BrN2O4. The Balaban J connectivity index is 2.07. The number of rotatable bonds is 3. The van der Waals surface area contributed by atoms with E-state index in [0.717, 1.165) is 10.0 Å². The van der Waals surface area contributed by atoms with Crippen LogP contribution in [0.25, 0.3) is 0 Å². The highest BCUT2D eigenvalue weighted by molar-refractivity contribution is 9.10. The lowest BCUT2D eigenvalue weighted by atomic mass is 9.90. The van der Waals surface area contributed by atoms with Crippen molar-refractivity contribution in [2.75, 3.05) is 18.5 Å². The number of nitrogens with one attached hydrogen (secondary N) is 2. The zero-order chi connectivity index (χ0) is 15.5. The Hall–Kier alpha value is -1.60. The third-order valence-electron chi connectivity index (χ3n) is 3.41. The van der Waals surface area contributed by atoms with Gasteiger partial charge in [0.1, 0.15) is 5.54 Å². The van der Waals surface area contributed by atoms with E-state index >= 15 is 0 Å². The molecule has 1 heterocycles. The number of carboxylic acid groups (broad SMARTS) is 1. The van der Waals surface area contributed by atoms with Crippen molar-refractivity contribution in [2.24, 2.45) is 0 Å². The number of hydrogen-bond acceptors (Lipinski definition) is 3. The number of ether oxygens (including phenoxy) is 1. The van der Waals surface area contributed by atoms with Crippen LogP contribution in [0.4, 0.5) is 10.5 Å². The molecule has 1 fully saturated rings. The maximum absolute atomic E-state index is 12.1. The fourth-order valence-electron chi connectivity index (χ4n) is 2.30. The summed E-state index contributed by atoms with van der Waals surface area (Å²) in [7, 11) is 0. The summed E-state index contributed by atoms with van der Waals surface area (Å²) in [6.07, 6.45) is 0.514. The van der Waals surface area contributed by atoms with Gasteiger partial charge < -0.3 is 20.5 Å². The Bertz CT molecular complexity index is 536. The highest BCUT2D eigenvalue weighted by Gasteiger charge is 2.41. The van der Waals surface area contributed by atoms with Crippen LogP contribution in [0, 0.1) is 6.92 Å². The summed E-state index contributed by atoms with van der Waals surface area (Å²) in [5.41, 5.74) is 0.328. The van der Waals surface area contributed by atoms with Gasteiger partial charge in [-0.05, 0) is 30.7 Å². The van der Waals surface area contributed by atoms with E-state index in [0.29, 0.717) is 18.9 Å². The third kappa shape index (κ3) is 3.95. The Morgan fingerprint density at radius 3 is 2.52 bits per heavy atom. The van der Waals surface area contributed by atoms with Crippen LogP contribution >= 0.6 is 15.9 Å². The molecule has 2 amide bonds.